The molecule has 14 heteroatoms. The number of amidine groups is 1. The van der Waals surface area contributed by atoms with E-state index in [1.807, 2.05) is 12.4 Å². The molecule has 0 unspecified atom stereocenters. The number of halogens is 2. The highest BCUT2D eigenvalue weighted by Gasteiger charge is 2.39. The van der Waals surface area contributed by atoms with Crippen molar-refractivity contribution in [2.45, 2.75) is 33.2 Å². The van der Waals surface area contributed by atoms with Crippen LogP contribution in [-0.2, 0) is 10.2 Å². The summed E-state index contributed by atoms with van der Waals surface area (Å²) >= 11 is 3.08. The van der Waals surface area contributed by atoms with Crippen LogP contribution in [-0.4, -0.2) is 59.8 Å². The molecule has 2 aromatic rings. The number of aromatic nitrogens is 2. The maximum absolute atomic E-state index is 13.5. The van der Waals surface area contributed by atoms with Gasteiger partial charge in [0.25, 0.3) is 10.2 Å². The number of rotatable bonds is 8. The van der Waals surface area contributed by atoms with Gasteiger partial charge in [-0.2, -0.15) is 17.4 Å². The maximum atomic E-state index is 13.5. The van der Waals surface area contributed by atoms with Crippen molar-refractivity contribution in [2.75, 3.05) is 25.0 Å². The van der Waals surface area contributed by atoms with Crippen LogP contribution in [0.15, 0.2) is 32.3 Å². The molecular weight excluding hydrogens is 509 g/mol. The lowest BCUT2D eigenvalue weighted by Gasteiger charge is -2.25. The molecule has 0 spiro atoms. The van der Waals surface area contributed by atoms with Crippen molar-refractivity contribution < 1.29 is 22.6 Å². The van der Waals surface area contributed by atoms with Crippen LogP contribution < -0.4 is 15.5 Å². The first-order valence-electron chi connectivity index (χ1n) is 9.81. The van der Waals surface area contributed by atoms with Crippen LogP contribution >= 0.6 is 15.9 Å². The van der Waals surface area contributed by atoms with Crippen LogP contribution in [0, 0.1) is 11.2 Å². The van der Waals surface area contributed by atoms with E-state index < -0.39 is 16.0 Å². The molecule has 1 aliphatic heterocycles. The normalized spacial score (nSPS) is 20.2. The van der Waals surface area contributed by atoms with E-state index in [2.05, 4.69) is 41.3 Å². The first-order valence-corrected chi connectivity index (χ1v) is 12.0. The van der Waals surface area contributed by atoms with E-state index in [0.29, 0.717) is 31.7 Å². The molecule has 0 saturated carbocycles. The van der Waals surface area contributed by atoms with E-state index in [-0.39, 0.29) is 33.3 Å². The van der Waals surface area contributed by atoms with Gasteiger partial charge in [-0.15, -0.1) is 0 Å². The summed E-state index contributed by atoms with van der Waals surface area (Å²) in [7, 11) is -3.55. The molecule has 0 radical (unpaired) electrons. The summed E-state index contributed by atoms with van der Waals surface area (Å²) < 4.78 is 47.4. The highest BCUT2D eigenvalue weighted by Crippen LogP contribution is 2.32. The van der Waals surface area contributed by atoms with Crippen molar-refractivity contribution in [3.05, 3.63) is 34.2 Å². The van der Waals surface area contributed by atoms with Gasteiger partial charge in [0.15, 0.2) is 11.5 Å². The predicted molar refractivity (Wildman–Crippen MR) is 119 cm³/mol. The molecule has 2 heterocycles. The Labute approximate surface area is 193 Å². The topological polar surface area (TPSA) is 145 Å². The van der Waals surface area contributed by atoms with Crippen molar-refractivity contribution in [1.82, 2.24) is 24.8 Å². The average molecular weight is 534 g/mol. The number of anilines is 1. The van der Waals surface area contributed by atoms with Gasteiger partial charge in [0.2, 0.25) is 5.82 Å². The molecular formula is C18H25BrFN7O4S. The van der Waals surface area contributed by atoms with E-state index in [0.717, 1.165) is 0 Å². The van der Waals surface area contributed by atoms with Crippen LogP contribution in [0.3, 0.4) is 0 Å². The zero-order valence-electron chi connectivity index (χ0n) is 17.8. The fraction of sp³-hybridized carbons (Fsp3) is 0.500. The number of hydrogen-bond donors (Lipinski definition) is 4. The molecule has 3 rings (SSSR count). The fourth-order valence-corrected chi connectivity index (χ4v) is 5.20. The molecule has 1 aromatic carbocycles. The summed E-state index contributed by atoms with van der Waals surface area (Å²) in [4.78, 5) is 4.21. The molecule has 1 fully saturated rings. The van der Waals surface area contributed by atoms with Crippen LogP contribution in [0.1, 0.15) is 32.9 Å². The second-order valence-electron chi connectivity index (χ2n) is 8.16. The Balaban J connectivity index is 1.72. The van der Waals surface area contributed by atoms with Crippen molar-refractivity contribution in [1.29, 1.82) is 0 Å². The van der Waals surface area contributed by atoms with Gasteiger partial charge in [-0.05, 0) is 70.1 Å². The van der Waals surface area contributed by atoms with Crippen molar-refractivity contribution in [2.24, 2.45) is 10.4 Å². The highest BCUT2D eigenvalue weighted by atomic mass is 79.9. The first-order chi connectivity index (χ1) is 15.0. The number of benzene rings is 1. The van der Waals surface area contributed by atoms with Crippen LogP contribution in [0.2, 0.25) is 0 Å². The molecule has 1 aliphatic rings. The molecule has 11 nitrogen and oxygen atoms in total. The van der Waals surface area contributed by atoms with Crippen LogP contribution in [0.5, 0.6) is 0 Å². The third kappa shape index (κ3) is 5.81. The third-order valence-corrected chi connectivity index (χ3v) is 7.26. The molecule has 0 amide bonds. The Morgan fingerprint density at radius 2 is 2.19 bits per heavy atom. The fourth-order valence-electron chi connectivity index (χ4n) is 3.27. The van der Waals surface area contributed by atoms with Gasteiger partial charge in [-0.3, -0.25) is 10.7 Å². The third-order valence-electron chi connectivity index (χ3n) is 4.89. The molecule has 1 saturated heterocycles. The SMILES string of the molecule is CC(C)NS(=O)(=O)N1CC[C@](C)(CNc2nonc2C(=Nc2ccc(F)c(Br)c2)NO)C1. The second kappa shape index (κ2) is 9.79. The van der Waals surface area contributed by atoms with E-state index >= 15 is 0 Å². The smallest absolute Gasteiger partial charge is 0.279 e. The largest absolute Gasteiger partial charge is 0.365 e. The summed E-state index contributed by atoms with van der Waals surface area (Å²) in [6.07, 6.45) is 0.641. The Bertz CT molecular complexity index is 1090. The van der Waals surface area contributed by atoms with Crippen molar-refractivity contribution in [3.8, 4) is 0 Å². The second-order valence-corrected chi connectivity index (χ2v) is 10.7. The van der Waals surface area contributed by atoms with Crippen LogP contribution in [0.25, 0.3) is 0 Å². The minimum absolute atomic E-state index is 0.0610. The predicted octanol–water partition coefficient (Wildman–Crippen LogP) is 2.39. The first kappa shape index (κ1) is 24.5. The summed E-state index contributed by atoms with van der Waals surface area (Å²) in [6.45, 7) is 6.61. The minimum Gasteiger partial charge on any atom is -0.365 e. The molecule has 4 N–H and O–H groups in total. The standard InChI is InChI=1S/C18H25BrFN7O4S/c1-11(2)26-32(29,30)27-7-6-18(3,10-27)9-21-16-15(24-31-25-16)17(23-28)22-12-4-5-14(20)13(19)8-12/h4-5,8,11,26,28H,6-7,9-10H2,1-3H3,(H,21,25)(H,22,23)/t18-/m1/s1. The minimum atomic E-state index is -3.55. The van der Waals surface area contributed by atoms with E-state index in [1.165, 1.54) is 22.5 Å². The van der Waals surface area contributed by atoms with Gasteiger partial charge in [-0.1, -0.05) is 6.92 Å². The van der Waals surface area contributed by atoms with E-state index in [9.17, 15) is 18.0 Å². The van der Waals surface area contributed by atoms with Gasteiger partial charge in [0, 0.05) is 25.7 Å². The number of aliphatic imine (C=N–C) groups is 1. The monoisotopic (exact) mass is 533 g/mol. The Hall–Kier alpha value is -2.13. The average Bonchev–Trinajstić information content (AvgIpc) is 3.34. The van der Waals surface area contributed by atoms with E-state index in [1.54, 1.807) is 13.8 Å². The number of hydroxylamine groups is 1. The van der Waals surface area contributed by atoms with E-state index in [4.69, 9.17) is 4.63 Å². The summed E-state index contributed by atoms with van der Waals surface area (Å²) in [5, 5.41) is 20.2. The maximum Gasteiger partial charge on any atom is 0.279 e. The summed E-state index contributed by atoms with van der Waals surface area (Å²) in [6, 6.07) is 3.90. The molecule has 1 atom stereocenters. The van der Waals surface area contributed by atoms with Gasteiger partial charge in [-0.25, -0.2) is 14.0 Å². The summed E-state index contributed by atoms with van der Waals surface area (Å²) in [5.41, 5.74) is 2.05. The number of nitrogens with zero attached hydrogens (tertiary/aromatic N) is 4. The zero-order valence-corrected chi connectivity index (χ0v) is 20.2. The molecule has 176 valence electrons. The van der Waals surface area contributed by atoms with Gasteiger partial charge in [0.05, 0.1) is 10.2 Å². The lowest BCUT2D eigenvalue weighted by Crippen LogP contribution is -2.43. The van der Waals surface area contributed by atoms with Gasteiger partial charge >= 0.3 is 0 Å². The zero-order chi connectivity index (χ0) is 23.5. The number of nitrogens with one attached hydrogen (secondary N) is 3. The Morgan fingerprint density at radius 1 is 1.44 bits per heavy atom. The van der Waals surface area contributed by atoms with Crippen molar-refractivity contribution >= 4 is 43.5 Å². The highest BCUT2D eigenvalue weighted by molar-refractivity contribution is 9.10. The molecule has 0 bridgehead atoms. The van der Waals surface area contributed by atoms with Gasteiger partial charge < -0.3 is 5.32 Å². The quantitative estimate of drug-likeness (QED) is 0.230. The van der Waals surface area contributed by atoms with Crippen molar-refractivity contribution in [3.63, 3.8) is 0 Å². The van der Waals surface area contributed by atoms with Gasteiger partial charge in [0.1, 0.15) is 5.82 Å². The Morgan fingerprint density at radius 3 is 2.84 bits per heavy atom. The summed E-state index contributed by atoms with van der Waals surface area (Å²) in [5.74, 6) is -0.291. The molecule has 1 aromatic heterocycles. The lowest BCUT2D eigenvalue weighted by atomic mass is 9.90. The Kier molecular flexibility index (Phi) is 7.50. The van der Waals surface area contributed by atoms with Crippen LogP contribution in [0.4, 0.5) is 15.9 Å². The molecule has 32 heavy (non-hydrogen) atoms. The molecule has 0 aliphatic carbocycles. The lowest BCUT2D eigenvalue weighted by molar-refractivity contribution is 0.234. The number of hydrogen-bond acceptors (Lipinski definition) is 8.